The molecule has 1 atom stereocenters. The first-order valence-electron chi connectivity index (χ1n) is 11.9. The smallest absolute Gasteiger partial charge is 0.259 e. The number of anilines is 1. The second-order valence-corrected chi connectivity index (χ2v) is 9.65. The lowest BCUT2D eigenvalue weighted by atomic mass is 10.1. The molecule has 3 N–H and O–H groups in total. The van der Waals surface area contributed by atoms with Crippen LogP contribution in [0.25, 0.3) is 21.9 Å². The lowest BCUT2D eigenvalue weighted by Crippen LogP contribution is -2.28. The van der Waals surface area contributed by atoms with Gasteiger partial charge in [-0.3, -0.25) is 13.9 Å². The van der Waals surface area contributed by atoms with Crippen LogP contribution >= 0.6 is 11.3 Å². The highest BCUT2D eigenvalue weighted by Crippen LogP contribution is 2.33. The van der Waals surface area contributed by atoms with E-state index in [1.165, 1.54) is 15.9 Å². The zero-order chi connectivity index (χ0) is 26.4. The van der Waals surface area contributed by atoms with Crippen LogP contribution in [0.3, 0.4) is 0 Å². The summed E-state index contributed by atoms with van der Waals surface area (Å²) in [5, 5.41) is 13.5. The van der Waals surface area contributed by atoms with Crippen molar-refractivity contribution in [2.75, 3.05) is 5.73 Å². The fourth-order valence-corrected chi connectivity index (χ4v) is 5.18. The molecule has 0 radical (unpaired) electrons. The molecule has 0 unspecified atom stereocenters. The first-order valence-corrected chi connectivity index (χ1v) is 12.8. The second-order valence-electron chi connectivity index (χ2n) is 8.81. The van der Waals surface area contributed by atoms with Gasteiger partial charge in [-0.15, -0.1) is 16.4 Å². The first-order chi connectivity index (χ1) is 18.4. The highest BCUT2D eigenvalue weighted by atomic mass is 32.1. The zero-order valence-corrected chi connectivity index (χ0v) is 21.7. The Bertz CT molecular complexity index is 1880. The van der Waals surface area contributed by atoms with Crippen molar-refractivity contribution in [3.63, 3.8) is 0 Å². The van der Waals surface area contributed by atoms with Gasteiger partial charge in [0.25, 0.3) is 5.91 Å². The molecule has 11 heteroatoms. The molecule has 0 saturated carbocycles. The van der Waals surface area contributed by atoms with Crippen molar-refractivity contribution in [1.82, 2.24) is 39.1 Å². The molecule has 0 saturated heterocycles. The Morgan fingerprint density at radius 3 is 2.76 bits per heavy atom. The number of nitrogens with zero attached hydrogens (tertiary/aromatic N) is 7. The number of amides is 1. The van der Waals surface area contributed by atoms with E-state index in [2.05, 4.69) is 32.3 Å². The van der Waals surface area contributed by atoms with Gasteiger partial charge in [0.1, 0.15) is 11.3 Å². The molecule has 0 bridgehead atoms. The van der Waals surface area contributed by atoms with E-state index < -0.39 is 6.04 Å². The van der Waals surface area contributed by atoms with E-state index in [1.807, 2.05) is 61.0 Å². The number of nitrogens with two attached hydrogens (primary N) is 1. The Balaban J connectivity index is 1.43. The van der Waals surface area contributed by atoms with Crippen LogP contribution in [0.5, 0.6) is 0 Å². The summed E-state index contributed by atoms with van der Waals surface area (Å²) in [6.07, 6.45) is 5.07. The van der Waals surface area contributed by atoms with Crippen LogP contribution in [-0.2, 0) is 7.05 Å². The molecule has 188 valence electrons. The van der Waals surface area contributed by atoms with E-state index in [-0.39, 0.29) is 17.3 Å². The average Bonchev–Trinajstić information content (AvgIpc) is 3.66. The molecule has 38 heavy (non-hydrogen) atoms. The van der Waals surface area contributed by atoms with Gasteiger partial charge in [-0.2, -0.15) is 5.10 Å². The van der Waals surface area contributed by atoms with Crippen LogP contribution in [0.2, 0.25) is 0 Å². The van der Waals surface area contributed by atoms with Gasteiger partial charge in [-0.05, 0) is 25.8 Å². The maximum atomic E-state index is 13.3. The second kappa shape index (κ2) is 9.17. The number of fused-ring (bicyclic) bond motifs is 2. The van der Waals surface area contributed by atoms with Crippen LogP contribution in [0, 0.1) is 18.8 Å². The number of aryl methyl sites for hydroxylation is 1. The molecule has 0 spiro atoms. The fraction of sp³-hybridized carbons (Fsp3) is 0.148. The molecule has 1 amide bonds. The molecule has 5 heterocycles. The molecule has 0 aliphatic carbocycles. The molecule has 10 nitrogen and oxygen atoms in total. The Labute approximate surface area is 221 Å². The summed E-state index contributed by atoms with van der Waals surface area (Å²) in [5.74, 6) is 6.29. The van der Waals surface area contributed by atoms with E-state index in [0.29, 0.717) is 5.65 Å². The van der Waals surface area contributed by atoms with Gasteiger partial charge < -0.3 is 11.1 Å². The minimum atomic E-state index is -0.441. The summed E-state index contributed by atoms with van der Waals surface area (Å²) in [7, 11) is 1.89. The summed E-state index contributed by atoms with van der Waals surface area (Å²) in [6, 6.07) is 11.2. The van der Waals surface area contributed by atoms with Crippen molar-refractivity contribution >= 4 is 33.7 Å². The standard InChI is InChI=1S/C27H23N9OS/c1-16(31-26(37)21-24(28)33-35-13-7-12-29-25(21)35)22-23(18-8-5-4-6-9-18)36-20(15-38-27(36)32-22)11-10-19-14-30-34(3)17(19)2/h4-9,12-16H,1-3H3,(H2,28,33)(H,31,37)/t16-/m0/s1. The highest BCUT2D eigenvalue weighted by Gasteiger charge is 2.26. The molecule has 6 aromatic rings. The number of carbonyl (C=O) groups excluding carboxylic acids is 1. The van der Waals surface area contributed by atoms with E-state index in [0.717, 1.165) is 38.9 Å². The number of thiazole rings is 1. The number of aromatic nitrogens is 7. The van der Waals surface area contributed by atoms with Gasteiger partial charge in [0.2, 0.25) is 0 Å². The van der Waals surface area contributed by atoms with Crippen molar-refractivity contribution in [3.8, 4) is 23.1 Å². The molecule has 1 aromatic carbocycles. The van der Waals surface area contributed by atoms with Crippen molar-refractivity contribution in [2.24, 2.45) is 7.05 Å². The third-order valence-corrected chi connectivity index (χ3v) is 7.23. The van der Waals surface area contributed by atoms with Gasteiger partial charge in [0.15, 0.2) is 16.4 Å². The Morgan fingerprint density at radius 2 is 2.00 bits per heavy atom. The molecule has 0 aliphatic rings. The van der Waals surface area contributed by atoms with Gasteiger partial charge in [-0.25, -0.2) is 14.5 Å². The first kappa shape index (κ1) is 23.4. The Morgan fingerprint density at radius 1 is 1.18 bits per heavy atom. The van der Waals surface area contributed by atoms with Crippen molar-refractivity contribution < 1.29 is 4.79 Å². The number of carbonyl (C=O) groups is 1. The topological polar surface area (TPSA) is 120 Å². The lowest BCUT2D eigenvalue weighted by Gasteiger charge is -2.14. The monoisotopic (exact) mass is 521 g/mol. The highest BCUT2D eigenvalue weighted by molar-refractivity contribution is 7.15. The fourth-order valence-electron chi connectivity index (χ4n) is 4.35. The normalized spacial score (nSPS) is 12.0. The van der Waals surface area contributed by atoms with E-state index in [9.17, 15) is 4.79 Å². The third kappa shape index (κ3) is 3.88. The quantitative estimate of drug-likeness (QED) is 0.342. The summed E-state index contributed by atoms with van der Waals surface area (Å²) in [5.41, 5.74) is 11.9. The average molecular weight is 522 g/mol. The van der Waals surface area contributed by atoms with E-state index >= 15 is 0 Å². The van der Waals surface area contributed by atoms with E-state index in [4.69, 9.17) is 10.7 Å². The Hall–Kier alpha value is -4.95. The maximum Gasteiger partial charge on any atom is 0.259 e. The molecular formula is C27H23N9OS. The molecular weight excluding hydrogens is 498 g/mol. The minimum Gasteiger partial charge on any atom is -0.381 e. The molecule has 0 fully saturated rings. The van der Waals surface area contributed by atoms with Crippen molar-refractivity contribution in [3.05, 3.63) is 88.6 Å². The number of nitrogens with one attached hydrogen (secondary N) is 1. The number of hydrogen-bond donors (Lipinski definition) is 2. The van der Waals surface area contributed by atoms with Crippen LogP contribution in [0.4, 0.5) is 5.82 Å². The van der Waals surface area contributed by atoms with Gasteiger partial charge in [0.05, 0.1) is 34.9 Å². The maximum absolute atomic E-state index is 13.3. The van der Waals surface area contributed by atoms with E-state index in [1.54, 1.807) is 29.3 Å². The summed E-state index contributed by atoms with van der Waals surface area (Å²) in [6.45, 7) is 3.89. The number of hydrogen-bond acceptors (Lipinski definition) is 7. The number of nitrogen functional groups attached to an aromatic ring is 1. The number of rotatable bonds is 4. The van der Waals surface area contributed by atoms with Gasteiger partial charge >= 0.3 is 0 Å². The van der Waals surface area contributed by atoms with Gasteiger partial charge in [0, 0.05) is 30.4 Å². The van der Waals surface area contributed by atoms with Gasteiger partial charge in [-0.1, -0.05) is 36.3 Å². The summed E-state index contributed by atoms with van der Waals surface area (Å²) >= 11 is 1.50. The number of imidazole rings is 1. The van der Waals surface area contributed by atoms with Crippen LogP contribution in [0.15, 0.2) is 60.4 Å². The molecule has 6 rings (SSSR count). The molecule has 0 aliphatic heterocycles. The van der Waals surface area contributed by atoms with Crippen molar-refractivity contribution in [2.45, 2.75) is 19.9 Å². The molecule has 5 aromatic heterocycles. The summed E-state index contributed by atoms with van der Waals surface area (Å²) in [4.78, 5) is 23.3. The minimum absolute atomic E-state index is 0.116. The predicted molar refractivity (Wildman–Crippen MR) is 146 cm³/mol. The SMILES string of the molecule is Cc1c(C#Cc2csc3nc([C@H](C)NC(=O)c4c(N)nn5cccnc45)c(-c4ccccc4)n23)cnn1C. The number of benzene rings is 1. The lowest BCUT2D eigenvalue weighted by molar-refractivity contribution is 0.0941. The predicted octanol–water partition coefficient (Wildman–Crippen LogP) is 3.62. The van der Waals surface area contributed by atoms with Crippen LogP contribution in [-0.4, -0.2) is 39.7 Å². The summed E-state index contributed by atoms with van der Waals surface area (Å²) < 4.78 is 5.34. The largest absolute Gasteiger partial charge is 0.381 e. The van der Waals surface area contributed by atoms with Crippen LogP contribution in [0.1, 0.15) is 46.0 Å². The third-order valence-electron chi connectivity index (χ3n) is 6.41. The zero-order valence-electron chi connectivity index (χ0n) is 20.9. The Kier molecular flexibility index (Phi) is 5.66. The van der Waals surface area contributed by atoms with Crippen LogP contribution < -0.4 is 11.1 Å². The van der Waals surface area contributed by atoms with Crippen molar-refractivity contribution in [1.29, 1.82) is 0 Å².